The average molecular weight is 947 g/mol. The lowest BCUT2D eigenvalue weighted by Gasteiger charge is -2.10. The van der Waals surface area contributed by atoms with E-state index in [2.05, 4.69) is 46.5 Å². The Hall–Kier alpha value is -9.65. The van der Waals surface area contributed by atoms with Crippen LogP contribution in [-0.2, 0) is 16.3 Å². The van der Waals surface area contributed by atoms with Crippen molar-refractivity contribution in [2.75, 3.05) is 10.8 Å². The Morgan fingerprint density at radius 3 is 1.84 bits per heavy atom. The molecule has 5 N–H and O–H groups in total. The Bertz CT molecular complexity index is 3350. The lowest BCUT2D eigenvalue weighted by Crippen LogP contribution is -2.34. The van der Waals surface area contributed by atoms with E-state index in [9.17, 15) is 37.8 Å². The molecule has 0 spiro atoms. The van der Waals surface area contributed by atoms with Gasteiger partial charge < -0.3 is 29.9 Å². The number of fused-ring (bicyclic) bond motifs is 2. The maximum atomic E-state index is 13.4. The fraction of sp³-hybridized carbons (Fsp3) is 0.0588. The van der Waals surface area contributed by atoms with E-state index in [1.165, 1.54) is 30.3 Å². The first-order valence-electron chi connectivity index (χ1n) is 20.9. The average Bonchev–Trinajstić information content (AvgIpc) is 3.34. The van der Waals surface area contributed by atoms with Gasteiger partial charge in [0.15, 0.2) is 5.78 Å². The van der Waals surface area contributed by atoms with E-state index >= 15 is 0 Å². The molecule has 0 saturated carbocycles. The summed E-state index contributed by atoms with van der Waals surface area (Å²) >= 11 is 0. The Balaban J connectivity index is 0.849. The molecule has 0 saturated heterocycles. The molecule has 8 aromatic rings. The number of carbonyl (C=O) groups excluding carboxylic acids is 3. The molecule has 8 aromatic carbocycles. The Labute approximate surface area is 395 Å². The molecule has 19 heteroatoms. The number of aryl methyl sites for hydroxylation is 1. The first kappa shape index (κ1) is 46.9. The van der Waals surface area contributed by atoms with Crippen molar-refractivity contribution in [2.45, 2.75) is 19.9 Å². The van der Waals surface area contributed by atoms with Gasteiger partial charge in [-0.2, -0.15) is 10.2 Å². The van der Waals surface area contributed by atoms with Crippen LogP contribution in [0.25, 0.3) is 21.5 Å². The van der Waals surface area contributed by atoms with Crippen molar-refractivity contribution >= 4 is 79.8 Å². The molecule has 0 atom stereocenters. The number of nitrogens with one attached hydrogen (secondary N) is 3. The van der Waals surface area contributed by atoms with Crippen LogP contribution in [0.2, 0.25) is 0 Å². The monoisotopic (exact) mass is 946 g/mol. The van der Waals surface area contributed by atoms with Crippen molar-refractivity contribution in [3.05, 3.63) is 186 Å². The number of hydrogen-bond donors (Lipinski definition) is 5. The molecule has 8 rings (SSSR count). The number of ether oxygens (including phenoxy) is 1. The summed E-state index contributed by atoms with van der Waals surface area (Å²) in [6.07, 6.45) is -3.90. The molecule has 0 unspecified atom stereocenters. The maximum absolute atomic E-state index is 13.4. The third kappa shape index (κ3) is 12.0. The van der Waals surface area contributed by atoms with E-state index in [-0.39, 0.29) is 46.5 Å². The van der Waals surface area contributed by atoms with Crippen LogP contribution in [0.4, 0.5) is 52.1 Å². The van der Waals surface area contributed by atoms with Crippen molar-refractivity contribution < 1.29 is 52.2 Å². The minimum absolute atomic E-state index is 0.0348. The largest absolute Gasteiger partial charge is 0.573 e. The third-order valence-corrected chi connectivity index (χ3v) is 10.2. The summed E-state index contributed by atoms with van der Waals surface area (Å²) in [6, 6.07) is 40.6. The molecular formula is C51H37F3N8O8. The van der Waals surface area contributed by atoms with Gasteiger partial charge in [-0.25, -0.2) is 10.3 Å². The van der Waals surface area contributed by atoms with E-state index in [1.54, 1.807) is 109 Å². The zero-order chi connectivity index (χ0) is 49.2. The summed E-state index contributed by atoms with van der Waals surface area (Å²) in [6.45, 7) is 1.92. The first-order valence-corrected chi connectivity index (χ1v) is 20.9. The SMILES string of the molecule is Cc1cccc(NC(=O)NC(=O)c2ccc3c(N=Nc4ccc(C(=O)c5ccc(N=Nc6c(O)ccc7cc(CO/N=C\ONc8cccc(OC(F)(F)F)c8)ccc67)cc5)cc4)c(O)ccc3c2)c1. The van der Waals surface area contributed by atoms with Gasteiger partial charge in [-0.3, -0.25) is 14.9 Å². The van der Waals surface area contributed by atoms with Gasteiger partial charge in [0.2, 0.25) is 6.40 Å². The summed E-state index contributed by atoms with van der Waals surface area (Å²) in [5.74, 6) is -1.56. The number of urea groups is 1. The molecule has 350 valence electrons. The van der Waals surface area contributed by atoms with Crippen LogP contribution in [-0.4, -0.2) is 40.7 Å². The van der Waals surface area contributed by atoms with E-state index in [4.69, 9.17) is 9.68 Å². The van der Waals surface area contributed by atoms with Gasteiger partial charge in [0, 0.05) is 39.2 Å². The van der Waals surface area contributed by atoms with E-state index in [1.807, 2.05) is 13.0 Å². The van der Waals surface area contributed by atoms with Crippen LogP contribution < -0.4 is 20.9 Å². The molecule has 0 aliphatic rings. The number of anilines is 2. The zero-order valence-corrected chi connectivity index (χ0v) is 36.5. The minimum atomic E-state index is -4.83. The minimum Gasteiger partial charge on any atom is -0.506 e. The molecule has 0 aliphatic heterocycles. The van der Waals surface area contributed by atoms with Crippen molar-refractivity contribution in [3.63, 3.8) is 0 Å². The molecule has 0 heterocycles. The van der Waals surface area contributed by atoms with Gasteiger partial charge in [0.05, 0.1) is 17.1 Å². The number of hydrogen-bond acceptors (Lipinski definition) is 14. The van der Waals surface area contributed by atoms with Gasteiger partial charge >= 0.3 is 12.4 Å². The van der Waals surface area contributed by atoms with Gasteiger partial charge in [0.25, 0.3) is 5.91 Å². The molecule has 0 aromatic heterocycles. The van der Waals surface area contributed by atoms with E-state index in [0.29, 0.717) is 49.9 Å². The number of phenolic OH excluding ortho intramolecular Hbond substituents is 2. The molecule has 0 aliphatic carbocycles. The van der Waals surface area contributed by atoms with Gasteiger partial charge in [-0.1, -0.05) is 53.7 Å². The van der Waals surface area contributed by atoms with Crippen LogP contribution in [0.1, 0.15) is 37.4 Å². The molecule has 70 heavy (non-hydrogen) atoms. The number of carbonyl (C=O) groups is 3. The maximum Gasteiger partial charge on any atom is 0.573 e. The van der Waals surface area contributed by atoms with Crippen LogP contribution in [0.5, 0.6) is 17.2 Å². The highest BCUT2D eigenvalue weighted by Crippen LogP contribution is 2.38. The molecule has 0 radical (unpaired) electrons. The summed E-state index contributed by atoms with van der Waals surface area (Å²) < 4.78 is 41.3. The van der Waals surface area contributed by atoms with Crippen LogP contribution in [0.3, 0.4) is 0 Å². The highest BCUT2D eigenvalue weighted by atomic mass is 19.4. The lowest BCUT2D eigenvalue weighted by molar-refractivity contribution is -0.274. The summed E-state index contributed by atoms with van der Waals surface area (Å²) in [4.78, 5) is 49.0. The van der Waals surface area contributed by atoms with Crippen molar-refractivity contribution in [2.24, 2.45) is 25.6 Å². The Morgan fingerprint density at radius 2 is 1.21 bits per heavy atom. The number of azo groups is 2. The topological polar surface area (TPSA) is 217 Å². The fourth-order valence-electron chi connectivity index (χ4n) is 6.91. The number of amides is 3. The highest BCUT2D eigenvalue weighted by Gasteiger charge is 2.31. The third-order valence-electron chi connectivity index (χ3n) is 10.2. The van der Waals surface area contributed by atoms with E-state index < -0.39 is 24.1 Å². The predicted octanol–water partition coefficient (Wildman–Crippen LogP) is 13.1. The number of oxime groups is 1. The highest BCUT2D eigenvalue weighted by molar-refractivity contribution is 6.10. The summed E-state index contributed by atoms with van der Waals surface area (Å²) in [5.41, 5.74) is 6.98. The number of halogens is 3. The fourth-order valence-corrected chi connectivity index (χ4v) is 6.91. The van der Waals surface area contributed by atoms with Crippen molar-refractivity contribution in [3.8, 4) is 17.2 Å². The second-order valence-electron chi connectivity index (χ2n) is 15.2. The number of phenols is 2. The molecule has 0 bridgehead atoms. The number of benzene rings is 8. The normalized spacial score (nSPS) is 11.6. The summed E-state index contributed by atoms with van der Waals surface area (Å²) in [7, 11) is 0. The first-order chi connectivity index (χ1) is 33.7. The Kier molecular flexibility index (Phi) is 14.0. The van der Waals surface area contributed by atoms with Crippen LogP contribution in [0, 0.1) is 6.92 Å². The van der Waals surface area contributed by atoms with Gasteiger partial charge in [0.1, 0.15) is 35.2 Å². The quantitative estimate of drug-likeness (QED) is 0.0217. The number of rotatable bonds is 15. The number of ketones is 1. The number of aromatic hydroxyl groups is 2. The summed E-state index contributed by atoms with van der Waals surface area (Å²) in [5, 5.41) is 49.5. The smallest absolute Gasteiger partial charge is 0.506 e. The van der Waals surface area contributed by atoms with Crippen molar-refractivity contribution in [1.82, 2.24) is 5.32 Å². The molecule has 3 amide bonds. The zero-order valence-electron chi connectivity index (χ0n) is 36.5. The Morgan fingerprint density at radius 1 is 0.629 bits per heavy atom. The number of alkyl halides is 3. The van der Waals surface area contributed by atoms with Crippen LogP contribution in [0.15, 0.2) is 183 Å². The standard InChI is InChI=1S/C51H37F3N8O8/c1-30-4-2-5-39(24-30)56-50(67)57-49(66)36-13-21-43-35(26-36)15-23-45(64)47(43)61-59-38-18-11-33(12-19-38)48(65)32-9-16-37(17-10-32)58-60-46-42-20-8-31(25-34(42)14-22-44(46)63)28-68-55-29-69-62-40-6-3-7-41(27-40)70-51(52,53)54/h2-27,29,62-64H,28H2,1H3,(H2,56,57,66,67)/b55-29-,60-58?,61-59?. The second kappa shape index (κ2) is 20.9. The second-order valence-corrected chi connectivity index (χ2v) is 15.2. The number of imide groups is 1. The van der Waals surface area contributed by atoms with E-state index in [0.717, 1.165) is 29.5 Å². The molecule has 16 nitrogen and oxygen atoms in total. The lowest BCUT2D eigenvalue weighted by atomic mass is 10.0. The molecular weight excluding hydrogens is 910 g/mol. The van der Waals surface area contributed by atoms with Gasteiger partial charge in [-0.05, 0) is 132 Å². The predicted molar refractivity (Wildman–Crippen MR) is 255 cm³/mol. The van der Waals surface area contributed by atoms with Crippen LogP contribution >= 0.6 is 0 Å². The van der Waals surface area contributed by atoms with Gasteiger partial charge in [-0.15, -0.1) is 23.4 Å². The molecule has 0 fully saturated rings. The van der Waals surface area contributed by atoms with Crippen molar-refractivity contribution in [1.29, 1.82) is 0 Å². The number of nitrogens with zero attached hydrogens (tertiary/aromatic N) is 5.